The third kappa shape index (κ3) is 10.7. The summed E-state index contributed by atoms with van der Waals surface area (Å²) in [7, 11) is 1.71. The van der Waals surface area contributed by atoms with Crippen LogP contribution in [0.3, 0.4) is 0 Å². The van der Waals surface area contributed by atoms with Crippen LogP contribution in [0.15, 0.2) is 108 Å². The predicted octanol–water partition coefficient (Wildman–Crippen LogP) is 4.82. The van der Waals surface area contributed by atoms with Crippen LogP contribution in [0.5, 0.6) is 11.5 Å². The molecular formula is C50H49N9O9. The minimum Gasteiger partial charge on any atom is -0.494 e. The Morgan fingerprint density at radius 1 is 0.853 bits per heavy atom. The van der Waals surface area contributed by atoms with Gasteiger partial charge in [-0.15, -0.1) is 0 Å². The van der Waals surface area contributed by atoms with Crippen molar-refractivity contribution in [3.05, 3.63) is 136 Å². The van der Waals surface area contributed by atoms with Gasteiger partial charge in [0.1, 0.15) is 29.4 Å². The van der Waals surface area contributed by atoms with E-state index in [2.05, 4.69) is 32.3 Å². The molecule has 4 heterocycles. The Morgan fingerprint density at radius 2 is 1.62 bits per heavy atom. The van der Waals surface area contributed by atoms with Gasteiger partial charge in [-0.05, 0) is 110 Å². The van der Waals surface area contributed by atoms with Crippen molar-refractivity contribution in [2.45, 2.75) is 69.6 Å². The van der Waals surface area contributed by atoms with E-state index in [-0.39, 0.29) is 66.5 Å². The van der Waals surface area contributed by atoms with E-state index in [1.165, 1.54) is 28.8 Å². The fourth-order valence-electron chi connectivity index (χ4n) is 8.56. The van der Waals surface area contributed by atoms with E-state index in [1.807, 2.05) is 53.4 Å². The Bertz CT molecular complexity index is 2820. The van der Waals surface area contributed by atoms with Gasteiger partial charge in [0.15, 0.2) is 6.61 Å². The van der Waals surface area contributed by atoms with Gasteiger partial charge in [0.2, 0.25) is 17.4 Å². The molecule has 348 valence electrons. The van der Waals surface area contributed by atoms with E-state index in [4.69, 9.17) is 14.7 Å². The first-order chi connectivity index (χ1) is 32.9. The number of nitrogens with zero attached hydrogens (tertiary/aromatic N) is 5. The first kappa shape index (κ1) is 46.2. The van der Waals surface area contributed by atoms with Crippen molar-refractivity contribution in [2.24, 2.45) is 7.05 Å². The number of benzene rings is 3. The van der Waals surface area contributed by atoms with Crippen molar-refractivity contribution in [1.29, 1.82) is 5.26 Å². The van der Waals surface area contributed by atoms with Gasteiger partial charge >= 0.3 is 6.03 Å². The minimum absolute atomic E-state index is 0.00292. The molecule has 1 saturated carbocycles. The van der Waals surface area contributed by atoms with Crippen LogP contribution < -0.4 is 41.2 Å². The maximum Gasteiger partial charge on any atom is 0.322 e. The first-order valence-corrected chi connectivity index (χ1v) is 22.4. The Labute approximate surface area is 391 Å². The lowest BCUT2D eigenvalue weighted by molar-refractivity contribution is -0.136. The highest BCUT2D eigenvalue weighted by molar-refractivity contribution is 6.24. The van der Waals surface area contributed by atoms with Crippen LogP contribution in [0.4, 0.5) is 16.3 Å². The molecule has 0 spiro atoms. The average molecular weight is 920 g/mol. The summed E-state index contributed by atoms with van der Waals surface area (Å²) in [6, 6.07) is 27.3. The van der Waals surface area contributed by atoms with Crippen LogP contribution in [0.1, 0.15) is 76.8 Å². The molecule has 4 N–H and O–H groups in total. The number of fused-ring (bicyclic) bond motifs is 1. The Morgan fingerprint density at radius 3 is 2.32 bits per heavy atom. The zero-order valence-electron chi connectivity index (χ0n) is 37.2. The topological polar surface area (TPSA) is 234 Å². The number of hydrogen-bond donors (Lipinski definition) is 4. The molecule has 2 fully saturated rings. The number of nitriles is 1. The summed E-state index contributed by atoms with van der Waals surface area (Å²) in [4.78, 5) is 96.2. The lowest BCUT2D eigenvalue weighted by Gasteiger charge is -2.37. The summed E-state index contributed by atoms with van der Waals surface area (Å²) in [6.45, 7) is 0.428. The van der Waals surface area contributed by atoms with Gasteiger partial charge in [-0.2, -0.15) is 5.26 Å². The second-order valence-corrected chi connectivity index (χ2v) is 16.7. The van der Waals surface area contributed by atoms with Crippen molar-refractivity contribution in [3.8, 4) is 28.7 Å². The summed E-state index contributed by atoms with van der Waals surface area (Å²) in [5, 5.41) is 20.6. The smallest absolute Gasteiger partial charge is 0.322 e. The predicted molar refractivity (Wildman–Crippen MR) is 249 cm³/mol. The molecular weight excluding hydrogens is 871 g/mol. The number of hydrogen-bond acceptors (Lipinski definition) is 12. The Kier molecular flexibility index (Phi) is 14.2. The monoisotopic (exact) mass is 919 g/mol. The molecule has 5 aromatic rings. The number of piperidine rings is 1. The number of amides is 7. The molecule has 68 heavy (non-hydrogen) atoms. The van der Waals surface area contributed by atoms with E-state index in [0.717, 1.165) is 53.0 Å². The zero-order valence-corrected chi connectivity index (χ0v) is 37.2. The van der Waals surface area contributed by atoms with Gasteiger partial charge in [0.25, 0.3) is 17.7 Å². The second-order valence-electron chi connectivity index (χ2n) is 16.7. The molecule has 0 radical (unpaired) electrons. The standard InChI is InChI=1S/C50H49N9O9/c1-57-29-34(11-23-45(57)62)33-9-14-36(15-10-33)58(37-16-12-35(13-17-37)55-42-21-8-32(26-51)28-53-42)50(66)54-27-31-6-18-38(19-7-31)67-25-3-24-52-44(61)30-68-41-5-2-4-39-46(41)49(65)59(48(39)64)40-20-22-43(60)56-47(40)63/h2,4-11,14-15,18-19,21,23,28-29,35,37,40H,3,12-13,16-17,20,22,24-25,27,30H2,1H3,(H,52,61)(H,53,55)(H,54,66)(H,56,60,63). The fourth-order valence-corrected chi connectivity index (χ4v) is 8.56. The molecule has 18 heteroatoms. The number of imide groups is 2. The second kappa shape index (κ2) is 20.9. The van der Waals surface area contributed by atoms with E-state index in [0.29, 0.717) is 30.2 Å². The molecule has 7 amide bonds. The molecule has 18 nitrogen and oxygen atoms in total. The van der Waals surface area contributed by atoms with Crippen molar-refractivity contribution in [3.63, 3.8) is 0 Å². The number of carbonyl (C=O) groups excluding carboxylic acids is 6. The van der Waals surface area contributed by atoms with E-state index in [9.17, 15) is 33.6 Å². The molecule has 1 aliphatic carbocycles. The number of nitrogens with one attached hydrogen (secondary N) is 4. The van der Waals surface area contributed by atoms with E-state index in [1.54, 1.807) is 37.6 Å². The highest BCUT2D eigenvalue weighted by atomic mass is 16.5. The highest BCUT2D eigenvalue weighted by Gasteiger charge is 2.46. The van der Waals surface area contributed by atoms with E-state index < -0.39 is 42.2 Å². The van der Waals surface area contributed by atoms with Crippen molar-refractivity contribution >= 4 is 47.1 Å². The number of anilines is 2. The SMILES string of the molecule is Cn1cc(-c2ccc(N(C(=O)NCc3ccc(OCCCNC(=O)COc4cccc5c4C(=O)N(C4CCC(=O)NC4=O)C5=O)cc3)C3CCC(Nc4ccc(C#N)cn4)CC3)cc2)ccc1=O. The number of aryl methyl sites for hydroxylation is 1. The Hall–Kier alpha value is -8.33. The fraction of sp³-hybridized carbons (Fsp3) is 0.300. The summed E-state index contributed by atoms with van der Waals surface area (Å²) in [5.41, 5.74) is 3.83. The molecule has 0 bridgehead atoms. The third-order valence-corrected chi connectivity index (χ3v) is 12.2. The molecule has 2 aliphatic heterocycles. The number of urea groups is 1. The van der Waals surface area contributed by atoms with Crippen LogP contribution in [0, 0.1) is 11.3 Å². The van der Waals surface area contributed by atoms with Crippen molar-refractivity contribution in [2.75, 3.05) is 30.0 Å². The number of pyridine rings is 2. The van der Waals surface area contributed by atoms with Crippen LogP contribution >= 0.6 is 0 Å². The molecule has 1 atom stereocenters. The average Bonchev–Trinajstić information content (AvgIpc) is 3.60. The number of rotatable bonds is 16. The third-order valence-electron chi connectivity index (χ3n) is 12.2. The molecule has 2 aromatic heterocycles. The van der Waals surface area contributed by atoms with Crippen molar-refractivity contribution in [1.82, 2.24) is 30.4 Å². The molecule has 1 unspecified atom stereocenters. The largest absolute Gasteiger partial charge is 0.494 e. The maximum absolute atomic E-state index is 14.1. The van der Waals surface area contributed by atoms with Gasteiger partial charge < -0.3 is 30.0 Å². The zero-order chi connectivity index (χ0) is 47.7. The Balaban J connectivity index is 0.802. The molecule has 8 rings (SSSR count). The number of aromatic nitrogens is 2. The first-order valence-electron chi connectivity index (χ1n) is 22.4. The van der Waals surface area contributed by atoms with Gasteiger partial charge in [-0.1, -0.05) is 30.3 Å². The van der Waals surface area contributed by atoms with Crippen LogP contribution in [-0.4, -0.2) is 87.9 Å². The summed E-state index contributed by atoms with van der Waals surface area (Å²) < 4.78 is 13.1. The maximum atomic E-state index is 14.1. The minimum atomic E-state index is -1.12. The van der Waals surface area contributed by atoms with Gasteiger partial charge in [0, 0.05) is 62.8 Å². The highest BCUT2D eigenvalue weighted by Crippen LogP contribution is 2.34. The van der Waals surface area contributed by atoms with Gasteiger partial charge in [-0.25, -0.2) is 9.78 Å². The summed E-state index contributed by atoms with van der Waals surface area (Å²) >= 11 is 0. The number of carbonyl (C=O) groups is 6. The van der Waals surface area contributed by atoms with Crippen LogP contribution in [0.25, 0.3) is 11.1 Å². The van der Waals surface area contributed by atoms with Gasteiger partial charge in [0.05, 0.1) is 23.3 Å². The lowest BCUT2D eigenvalue weighted by atomic mass is 9.89. The molecule has 3 aromatic carbocycles. The van der Waals surface area contributed by atoms with Crippen molar-refractivity contribution < 1.29 is 38.2 Å². The summed E-state index contributed by atoms with van der Waals surface area (Å²) in [5.74, 6) is -1.69. The van der Waals surface area contributed by atoms with Crippen LogP contribution in [0.2, 0.25) is 0 Å². The van der Waals surface area contributed by atoms with Crippen LogP contribution in [-0.2, 0) is 28.0 Å². The van der Waals surface area contributed by atoms with E-state index >= 15 is 0 Å². The molecule has 3 aliphatic rings. The quantitative estimate of drug-likeness (QED) is 0.0771. The molecule has 1 saturated heterocycles. The number of ether oxygens (including phenoxy) is 2. The van der Waals surface area contributed by atoms with Gasteiger partial charge in [-0.3, -0.25) is 43.9 Å². The summed E-state index contributed by atoms with van der Waals surface area (Å²) in [6.07, 6.45) is 6.96. The lowest BCUT2D eigenvalue weighted by Crippen LogP contribution is -2.54. The normalized spacial score (nSPS) is 17.6.